The lowest BCUT2D eigenvalue weighted by Gasteiger charge is -2.25. The maximum Gasteiger partial charge on any atom is 0.317 e. The largest absolute Gasteiger partial charge is 0.388 e. The van der Waals surface area contributed by atoms with Crippen molar-refractivity contribution in [1.29, 1.82) is 0 Å². The van der Waals surface area contributed by atoms with Crippen molar-refractivity contribution in [3.05, 3.63) is 35.8 Å². The second kappa shape index (κ2) is 6.75. The summed E-state index contributed by atoms with van der Waals surface area (Å²) in [4.78, 5) is 11.2. The second-order valence-electron chi connectivity index (χ2n) is 5.53. The third-order valence-corrected chi connectivity index (χ3v) is 2.79. The number of aliphatic hydroxyl groups is 1. The van der Waals surface area contributed by atoms with E-state index < -0.39 is 17.9 Å². The summed E-state index contributed by atoms with van der Waals surface area (Å²) in [5.74, 6) is 0.513. The van der Waals surface area contributed by atoms with Gasteiger partial charge in [-0.15, -0.1) is 0 Å². The fourth-order valence-electron chi connectivity index (χ4n) is 1.82. The van der Waals surface area contributed by atoms with Crippen molar-refractivity contribution in [2.45, 2.75) is 39.5 Å². The molecule has 0 aliphatic carbocycles. The summed E-state index contributed by atoms with van der Waals surface area (Å²) < 4.78 is 5.64. The highest BCUT2D eigenvalue weighted by Gasteiger charge is 2.31. The van der Waals surface area contributed by atoms with Crippen LogP contribution in [0.5, 0.6) is 0 Å². The highest BCUT2D eigenvalue weighted by atomic mass is 16.5. The van der Waals surface area contributed by atoms with E-state index in [9.17, 15) is 9.90 Å². The van der Waals surface area contributed by atoms with Gasteiger partial charge in [0.2, 0.25) is 0 Å². The van der Waals surface area contributed by atoms with Crippen LogP contribution in [-0.2, 0) is 4.74 Å². The minimum atomic E-state index is -0.946. The molecule has 0 aromatic carbocycles. The first-order chi connectivity index (χ1) is 9.65. The second-order valence-corrected chi connectivity index (χ2v) is 5.53. The van der Waals surface area contributed by atoms with Gasteiger partial charge in [0.15, 0.2) is 6.23 Å². The molecule has 1 aliphatic heterocycles. The number of urea groups is 1. The quantitative estimate of drug-likeness (QED) is 0.546. The van der Waals surface area contributed by atoms with Crippen LogP contribution in [0.25, 0.3) is 0 Å². The molecule has 7 heteroatoms. The Kier molecular flexibility index (Phi) is 5.54. The number of amides is 2. The van der Waals surface area contributed by atoms with Gasteiger partial charge in [0, 0.05) is 11.3 Å². The normalized spacial score (nSPS) is 20.0. The first kappa shape index (κ1) is 17.2. The molecule has 0 radical (unpaired) electrons. The molecule has 0 saturated carbocycles. The Balaban J connectivity index is 2.95. The molecule has 0 aromatic rings. The van der Waals surface area contributed by atoms with Crippen molar-refractivity contribution in [1.82, 2.24) is 15.8 Å². The number of primary amides is 1. The maximum atomic E-state index is 11.2. The third kappa shape index (κ3) is 4.89. The van der Waals surface area contributed by atoms with Gasteiger partial charge >= 0.3 is 6.03 Å². The minimum absolute atomic E-state index is 0.143. The van der Waals surface area contributed by atoms with Crippen molar-refractivity contribution < 1.29 is 14.6 Å². The predicted molar refractivity (Wildman–Crippen MR) is 80.4 cm³/mol. The summed E-state index contributed by atoms with van der Waals surface area (Å²) in [6.07, 6.45) is 2.95. The Hall–Kier alpha value is -1.83. The number of nitrogens with two attached hydrogens (primary N) is 1. The van der Waals surface area contributed by atoms with E-state index in [-0.39, 0.29) is 6.61 Å². The summed E-state index contributed by atoms with van der Waals surface area (Å²) in [6, 6.07) is -0.661. The van der Waals surface area contributed by atoms with Crippen LogP contribution >= 0.6 is 0 Å². The lowest BCUT2D eigenvalue weighted by Crippen LogP contribution is -2.43. The van der Waals surface area contributed by atoms with E-state index in [1.165, 1.54) is 0 Å². The molecule has 5 N–H and O–H groups in total. The fourth-order valence-corrected chi connectivity index (χ4v) is 1.82. The van der Waals surface area contributed by atoms with Crippen molar-refractivity contribution in [3.63, 3.8) is 0 Å². The molecule has 118 valence electrons. The van der Waals surface area contributed by atoms with E-state index in [1.54, 1.807) is 31.0 Å². The molecule has 0 aromatic heterocycles. The summed E-state index contributed by atoms with van der Waals surface area (Å²) in [6.45, 7) is 10.8. The smallest absolute Gasteiger partial charge is 0.317 e. The molecule has 21 heavy (non-hydrogen) atoms. The topological polar surface area (TPSA) is 99.8 Å². The molecule has 1 atom stereocenters. The molecule has 1 aliphatic rings. The van der Waals surface area contributed by atoms with E-state index in [0.29, 0.717) is 5.82 Å². The highest BCUT2D eigenvalue weighted by molar-refractivity contribution is 5.74. The molecule has 0 spiro atoms. The summed E-state index contributed by atoms with van der Waals surface area (Å²) in [5.41, 5.74) is 8.91. The van der Waals surface area contributed by atoms with Gasteiger partial charge in [0.1, 0.15) is 5.82 Å². The van der Waals surface area contributed by atoms with Crippen molar-refractivity contribution in [2.24, 2.45) is 5.73 Å². The van der Waals surface area contributed by atoms with Gasteiger partial charge in [-0.3, -0.25) is 10.3 Å². The van der Waals surface area contributed by atoms with Gasteiger partial charge in [0.25, 0.3) is 0 Å². The van der Waals surface area contributed by atoms with Gasteiger partial charge in [-0.1, -0.05) is 12.7 Å². The maximum absolute atomic E-state index is 11.2. The van der Waals surface area contributed by atoms with Gasteiger partial charge in [-0.2, -0.15) is 5.43 Å². The number of hydrogen-bond acceptors (Lipinski definition) is 5. The third-order valence-electron chi connectivity index (χ3n) is 2.79. The number of hydrogen-bond donors (Lipinski definition) is 4. The van der Waals surface area contributed by atoms with E-state index in [1.807, 2.05) is 13.8 Å². The predicted octanol–water partition coefficient (Wildman–Crippen LogP) is 0.910. The number of ether oxygens (including phenoxy) is 1. The molecule has 7 nitrogen and oxygen atoms in total. The SMILES string of the molecule is C=C/C=C(\C)N1NC(OCC(C)(C)O)C(C)=C1NC(N)=O. The minimum Gasteiger partial charge on any atom is -0.388 e. The van der Waals surface area contributed by atoms with Crippen LogP contribution in [0, 0.1) is 0 Å². The van der Waals surface area contributed by atoms with Crippen LogP contribution in [0.3, 0.4) is 0 Å². The van der Waals surface area contributed by atoms with Gasteiger partial charge in [0.05, 0.1) is 12.2 Å². The number of hydrazine groups is 1. The summed E-state index contributed by atoms with van der Waals surface area (Å²) >= 11 is 0. The molecule has 2 amide bonds. The zero-order valence-corrected chi connectivity index (χ0v) is 12.9. The lowest BCUT2D eigenvalue weighted by molar-refractivity contribution is -0.0581. The molecule has 0 fully saturated rings. The molecule has 0 saturated heterocycles. The fraction of sp³-hybridized carbons (Fsp3) is 0.500. The van der Waals surface area contributed by atoms with E-state index in [2.05, 4.69) is 17.3 Å². The molecular weight excluding hydrogens is 272 g/mol. The number of rotatable bonds is 6. The summed E-state index contributed by atoms with van der Waals surface area (Å²) in [7, 11) is 0. The monoisotopic (exact) mass is 296 g/mol. The van der Waals surface area contributed by atoms with Crippen LogP contribution < -0.4 is 16.5 Å². The number of allylic oxidation sites excluding steroid dienone is 3. The van der Waals surface area contributed by atoms with Crippen LogP contribution in [-0.4, -0.2) is 34.6 Å². The average molecular weight is 296 g/mol. The Morgan fingerprint density at radius 2 is 2.29 bits per heavy atom. The van der Waals surface area contributed by atoms with Gasteiger partial charge < -0.3 is 15.6 Å². The van der Waals surface area contributed by atoms with Gasteiger partial charge in [-0.05, 0) is 33.8 Å². The van der Waals surface area contributed by atoms with Crippen LogP contribution in [0.2, 0.25) is 0 Å². The summed E-state index contributed by atoms with van der Waals surface area (Å²) in [5, 5.41) is 14.0. The molecule has 1 rings (SSSR count). The van der Waals surface area contributed by atoms with E-state index in [4.69, 9.17) is 10.5 Å². The number of carbonyl (C=O) groups is 1. The zero-order chi connectivity index (χ0) is 16.2. The average Bonchev–Trinajstić information content (AvgIpc) is 2.63. The van der Waals surface area contributed by atoms with Crippen LogP contribution in [0.4, 0.5) is 4.79 Å². The van der Waals surface area contributed by atoms with Crippen molar-refractivity contribution in [2.75, 3.05) is 6.61 Å². The Labute approximate surface area is 125 Å². The standard InChI is InChI=1S/C14H24N4O3/c1-6-7-9(2)18-11(16-13(15)19)10(3)12(17-18)21-8-14(4,5)20/h6-7,12,17,20H,1,8H2,2-5H3,(H3,15,16,19)/b9-7+. The number of nitrogens with zero attached hydrogens (tertiary/aromatic N) is 1. The Morgan fingerprint density at radius 3 is 2.76 bits per heavy atom. The van der Waals surface area contributed by atoms with Crippen molar-refractivity contribution in [3.8, 4) is 0 Å². The molecule has 1 heterocycles. The lowest BCUT2D eigenvalue weighted by atomic mass is 10.2. The van der Waals surface area contributed by atoms with E-state index >= 15 is 0 Å². The highest BCUT2D eigenvalue weighted by Crippen LogP contribution is 2.23. The molecule has 0 bridgehead atoms. The zero-order valence-electron chi connectivity index (χ0n) is 12.9. The first-order valence-electron chi connectivity index (χ1n) is 6.62. The Bertz CT molecular complexity index is 477. The molecular formula is C14H24N4O3. The van der Waals surface area contributed by atoms with Gasteiger partial charge in [-0.25, -0.2) is 4.79 Å². The Morgan fingerprint density at radius 1 is 1.67 bits per heavy atom. The number of nitrogens with one attached hydrogen (secondary N) is 2. The van der Waals surface area contributed by atoms with E-state index in [0.717, 1.165) is 11.3 Å². The first-order valence-corrected chi connectivity index (χ1v) is 6.62. The van der Waals surface area contributed by atoms with Crippen LogP contribution in [0.15, 0.2) is 35.8 Å². The number of carbonyl (C=O) groups excluding carboxylic acids is 1. The molecule has 1 unspecified atom stereocenters. The van der Waals surface area contributed by atoms with Crippen LogP contribution in [0.1, 0.15) is 27.7 Å². The van der Waals surface area contributed by atoms with Crippen molar-refractivity contribution >= 4 is 6.03 Å².